The monoisotopic (exact) mass is 375 g/mol. The van der Waals surface area contributed by atoms with Crippen LogP contribution in [-0.4, -0.2) is 23.3 Å². The summed E-state index contributed by atoms with van der Waals surface area (Å²) in [6, 6.07) is 11.0. The Morgan fingerprint density at radius 2 is 1.93 bits per heavy atom. The van der Waals surface area contributed by atoms with Gasteiger partial charge in [-0.25, -0.2) is 4.79 Å². The number of ether oxygens (including phenoxy) is 1. The molecule has 1 fully saturated rings. The minimum absolute atomic E-state index is 0.0868. The molecule has 3 aromatic rings. The van der Waals surface area contributed by atoms with Crippen LogP contribution < -0.4 is 5.56 Å². The molecule has 2 aromatic heterocycles. The molecule has 0 radical (unpaired) electrons. The zero-order valence-corrected chi connectivity index (χ0v) is 15.9. The van der Waals surface area contributed by atoms with Gasteiger partial charge in [0, 0.05) is 11.8 Å². The lowest BCUT2D eigenvalue weighted by molar-refractivity contribution is 0.0524. The zero-order chi connectivity index (χ0) is 19.8. The van der Waals surface area contributed by atoms with Crippen molar-refractivity contribution in [3.05, 3.63) is 75.2 Å². The molecule has 1 aliphatic rings. The van der Waals surface area contributed by atoms with E-state index in [1.165, 1.54) is 0 Å². The molecule has 0 spiro atoms. The van der Waals surface area contributed by atoms with Gasteiger partial charge in [0.25, 0.3) is 5.56 Å². The predicted octanol–water partition coefficient (Wildman–Crippen LogP) is 4.14. The fraction of sp³-hybridized carbons (Fsp3) is 0.261. The van der Waals surface area contributed by atoms with Crippen molar-refractivity contribution < 1.29 is 14.3 Å². The molecule has 28 heavy (non-hydrogen) atoms. The fourth-order valence-corrected chi connectivity index (χ4v) is 3.71. The molecular weight excluding hydrogens is 354 g/mol. The summed E-state index contributed by atoms with van der Waals surface area (Å²) in [5, 5.41) is 0. The Morgan fingerprint density at radius 3 is 2.54 bits per heavy atom. The highest BCUT2D eigenvalue weighted by molar-refractivity contribution is 5.91. The third kappa shape index (κ3) is 3.03. The molecule has 1 aliphatic carbocycles. The highest BCUT2D eigenvalue weighted by atomic mass is 16.5. The van der Waals surface area contributed by atoms with Gasteiger partial charge in [0.2, 0.25) is 0 Å². The van der Waals surface area contributed by atoms with Crippen molar-refractivity contribution in [2.24, 2.45) is 0 Å². The van der Waals surface area contributed by atoms with Crippen LogP contribution in [0.5, 0.6) is 0 Å². The lowest BCUT2D eigenvalue weighted by Gasteiger charge is -2.16. The van der Waals surface area contributed by atoms with Gasteiger partial charge in [0.15, 0.2) is 0 Å². The average molecular weight is 375 g/mol. The van der Waals surface area contributed by atoms with E-state index in [0.29, 0.717) is 11.5 Å². The van der Waals surface area contributed by atoms with Crippen molar-refractivity contribution in [2.45, 2.75) is 32.6 Å². The Hall–Kier alpha value is -3.21. The summed E-state index contributed by atoms with van der Waals surface area (Å²) in [5.41, 5.74) is 5.19. The van der Waals surface area contributed by atoms with E-state index >= 15 is 0 Å². The molecule has 0 atom stereocenters. The Balaban J connectivity index is 1.95. The number of pyridine rings is 2. The number of fused-ring (bicyclic) bond motifs is 1. The van der Waals surface area contributed by atoms with Crippen LogP contribution in [0.2, 0.25) is 0 Å². The molecule has 1 aromatic carbocycles. The number of aldehydes is 1. The number of hydrogen-bond donors (Lipinski definition) is 0. The van der Waals surface area contributed by atoms with Crippen molar-refractivity contribution in [1.82, 2.24) is 4.40 Å². The van der Waals surface area contributed by atoms with Crippen molar-refractivity contribution in [3.63, 3.8) is 0 Å². The Morgan fingerprint density at radius 1 is 1.21 bits per heavy atom. The third-order valence-electron chi connectivity index (χ3n) is 5.28. The van der Waals surface area contributed by atoms with Crippen LogP contribution in [0.4, 0.5) is 0 Å². The average Bonchev–Trinajstić information content (AvgIpc) is 3.54. The van der Waals surface area contributed by atoms with Crippen molar-refractivity contribution in [2.75, 3.05) is 6.61 Å². The smallest absolute Gasteiger partial charge is 0.343 e. The van der Waals surface area contributed by atoms with E-state index in [1.807, 2.05) is 25.1 Å². The highest BCUT2D eigenvalue weighted by Gasteiger charge is 2.29. The van der Waals surface area contributed by atoms with Crippen molar-refractivity contribution in [1.29, 1.82) is 0 Å². The van der Waals surface area contributed by atoms with Gasteiger partial charge in [-0.15, -0.1) is 0 Å². The molecule has 5 nitrogen and oxygen atoms in total. The molecule has 2 heterocycles. The van der Waals surface area contributed by atoms with Crippen LogP contribution >= 0.6 is 0 Å². The first kappa shape index (κ1) is 18.2. The maximum Gasteiger partial charge on any atom is 0.343 e. The Labute approximate surface area is 162 Å². The van der Waals surface area contributed by atoms with Gasteiger partial charge in [0.05, 0.1) is 12.1 Å². The summed E-state index contributed by atoms with van der Waals surface area (Å²) in [7, 11) is 0. The molecule has 1 saturated carbocycles. The zero-order valence-electron chi connectivity index (χ0n) is 15.9. The summed E-state index contributed by atoms with van der Waals surface area (Å²) in [6.45, 7) is 3.95. The second kappa shape index (κ2) is 7.08. The number of carbonyl (C=O) groups excluding carboxylic acids is 2. The quantitative estimate of drug-likeness (QED) is 0.497. The molecule has 0 saturated heterocycles. The first-order valence-corrected chi connectivity index (χ1v) is 9.46. The summed E-state index contributed by atoms with van der Waals surface area (Å²) in [6.07, 6.45) is 4.64. The number of hydrogen-bond acceptors (Lipinski definition) is 4. The maximum atomic E-state index is 12.9. The second-order valence-corrected chi connectivity index (χ2v) is 7.13. The molecular formula is C23H21NO4. The van der Waals surface area contributed by atoms with E-state index in [4.69, 9.17) is 4.74 Å². The number of nitrogens with zero attached hydrogens (tertiary/aromatic N) is 1. The molecule has 142 valence electrons. The van der Waals surface area contributed by atoms with E-state index < -0.39 is 5.97 Å². The van der Waals surface area contributed by atoms with Crippen molar-refractivity contribution in [3.8, 4) is 11.1 Å². The molecule has 0 bridgehead atoms. The summed E-state index contributed by atoms with van der Waals surface area (Å²) < 4.78 is 6.65. The summed E-state index contributed by atoms with van der Waals surface area (Å²) in [4.78, 5) is 36.1. The van der Waals surface area contributed by atoms with Crippen LogP contribution in [0, 0.1) is 6.92 Å². The molecule has 0 aliphatic heterocycles. The first-order valence-electron chi connectivity index (χ1n) is 9.46. The topological polar surface area (TPSA) is 64.8 Å². The largest absolute Gasteiger partial charge is 0.462 e. The van der Waals surface area contributed by atoms with Crippen LogP contribution in [-0.2, 0) is 4.74 Å². The molecule has 0 N–H and O–H groups in total. The number of esters is 1. The number of rotatable bonds is 5. The predicted molar refractivity (Wildman–Crippen MR) is 107 cm³/mol. The van der Waals surface area contributed by atoms with E-state index in [-0.39, 0.29) is 17.7 Å². The Kier molecular flexibility index (Phi) is 4.59. The van der Waals surface area contributed by atoms with E-state index in [1.54, 1.807) is 35.7 Å². The van der Waals surface area contributed by atoms with Gasteiger partial charge in [-0.1, -0.05) is 24.3 Å². The lowest BCUT2D eigenvalue weighted by Crippen LogP contribution is -2.25. The number of benzene rings is 1. The van der Waals surface area contributed by atoms with Crippen LogP contribution in [0.3, 0.4) is 0 Å². The van der Waals surface area contributed by atoms with Crippen LogP contribution in [0.25, 0.3) is 16.6 Å². The van der Waals surface area contributed by atoms with Crippen molar-refractivity contribution >= 4 is 17.8 Å². The molecule has 0 unspecified atom stereocenters. The fourth-order valence-electron chi connectivity index (χ4n) is 3.71. The number of aryl methyl sites for hydroxylation is 1. The van der Waals surface area contributed by atoms with Crippen LogP contribution in [0.1, 0.15) is 57.5 Å². The van der Waals surface area contributed by atoms with E-state index in [9.17, 15) is 14.4 Å². The standard InChI is InChI=1S/C23H21NO4/c1-3-28-23(27)20-12-19(17-8-9-17)21-14(2)18(10-11-24(21)22(20)26)16-6-4-15(13-25)5-7-16/h4-7,10-13,17H,3,8-9H2,1-2H3. The highest BCUT2D eigenvalue weighted by Crippen LogP contribution is 2.43. The lowest BCUT2D eigenvalue weighted by atomic mass is 9.96. The Bertz CT molecular complexity index is 1140. The van der Waals surface area contributed by atoms with Gasteiger partial charge in [0.1, 0.15) is 11.8 Å². The van der Waals surface area contributed by atoms with Gasteiger partial charge < -0.3 is 4.74 Å². The third-order valence-corrected chi connectivity index (χ3v) is 5.28. The van der Waals surface area contributed by atoms with Gasteiger partial charge >= 0.3 is 5.97 Å². The van der Waals surface area contributed by atoms with Crippen LogP contribution in [0.15, 0.2) is 47.4 Å². The summed E-state index contributed by atoms with van der Waals surface area (Å²) >= 11 is 0. The van der Waals surface area contributed by atoms with Gasteiger partial charge in [-0.2, -0.15) is 0 Å². The van der Waals surface area contributed by atoms with Gasteiger partial charge in [-0.3, -0.25) is 14.0 Å². The maximum absolute atomic E-state index is 12.9. The van der Waals surface area contributed by atoms with E-state index in [0.717, 1.165) is 46.9 Å². The minimum atomic E-state index is -0.574. The molecule has 0 amide bonds. The van der Waals surface area contributed by atoms with Gasteiger partial charge in [-0.05, 0) is 67.0 Å². The summed E-state index contributed by atoms with van der Waals surface area (Å²) in [5.74, 6) is -0.217. The number of carbonyl (C=O) groups is 2. The first-order chi connectivity index (χ1) is 13.5. The van der Waals surface area contributed by atoms with E-state index in [2.05, 4.69) is 0 Å². The molecule has 4 rings (SSSR count). The molecule has 5 heteroatoms. The minimum Gasteiger partial charge on any atom is -0.462 e. The number of aromatic nitrogens is 1. The normalized spacial score (nSPS) is 13.5. The SMILES string of the molecule is CCOC(=O)c1cc(C2CC2)c2c(C)c(-c3ccc(C=O)cc3)ccn2c1=O. The second-order valence-electron chi connectivity index (χ2n) is 7.13.